The molecule has 1 aromatic rings. The van der Waals surface area contributed by atoms with Crippen LogP contribution >= 0.6 is 0 Å². The number of rotatable bonds is 5. The zero-order valence-electron chi connectivity index (χ0n) is 13.8. The third-order valence-electron chi connectivity index (χ3n) is 3.91. The van der Waals surface area contributed by atoms with Crippen LogP contribution < -0.4 is 16.4 Å². The molecule has 0 atom stereocenters. The number of nitrogens with one attached hydrogen (secondary N) is 2. The topological polar surface area (TPSA) is 87.5 Å². The van der Waals surface area contributed by atoms with E-state index in [1.165, 1.54) is 12.1 Å². The van der Waals surface area contributed by atoms with Crippen molar-refractivity contribution in [2.24, 2.45) is 5.73 Å². The molecular formula is C17H23FN4O2. The van der Waals surface area contributed by atoms with Gasteiger partial charge in [-0.05, 0) is 38.0 Å². The fourth-order valence-electron chi connectivity index (χ4n) is 2.76. The van der Waals surface area contributed by atoms with Gasteiger partial charge < -0.3 is 16.4 Å². The van der Waals surface area contributed by atoms with E-state index in [0.717, 1.165) is 44.1 Å². The summed E-state index contributed by atoms with van der Waals surface area (Å²) in [7, 11) is 0. The molecule has 0 saturated carbocycles. The maximum absolute atomic E-state index is 13.4. The first-order valence-electron chi connectivity index (χ1n) is 7.88. The minimum Gasteiger partial charge on any atom is -0.366 e. The average molecular weight is 334 g/mol. The Kier molecular flexibility index (Phi) is 5.92. The molecule has 0 radical (unpaired) electrons. The number of nitrogens with two attached hydrogens (primary N) is 1. The summed E-state index contributed by atoms with van der Waals surface area (Å²) in [6.45, 7) is 8.59. The number of hydrogen-bond donors (Lipinski definition) is 3. The number of primary amides is 1. The number of nitrogens with zero attached hydrogens (tertiary/aromatic N) is 1. The van der Waals surface area contributed by atoms with E-state index in [2.05, 4.69) is 22.1 Å². The molecule has 2 rings (SSSR count). The van der Waals surface area contributed by atoms with Gasteiger partial charge in [-0.15, -0.1) is 0 Å². The monoisotopic (exact) mass is 334 g/mol. The van der Waals surface area contributed by atoms with Crippen molar-refractivity contribution in [3.8, 4) is 0 Å². The SMILES string of the molecule is C=C(C)CN1CCC(NC(=O)Nc2ccc(F)c(C(N)=O)c2)CC1. The van der Waals surface area contributed by atoms with Crippen LogP contribution in [-0.2, 0) is 0 Å². The highest BCUT2D eigenvalue weighted by molar-refractivity contribution is 5.96. The lowest BCUT2D eigenvalue weighted by molar-refractivity contribution is 0.0996. The highest BCUT2D eigenvalue weighted by Gasteiger charge is 2.20. The first-order valence-corrected chi connectivity index (χ1v) is 7.88. The Balaban J connectivity index is 1.85. The van der Waals surface area contributed by atoms with Crippen LogP contribution in [0, 0.1) is 5.82 Å². The van der Waals surface area contributed by atoms with Crippen LogP contribution in [0.5, 0.6) is 0 Å². The molecule has 1 saturated heterocycles. The van der Waals surface area contributed by atoms with Gasteiger partial charge >= 0.3 is 6.03 Å². The lowest BCUT2D eigenvalue weighted by atomic mass is 10.0. The van der Waals surface area contributed by atoms with Crippen molar-refractivity contribution in [2.75, 3.05) is 25.0 Å². The largest absolute Gasteiger partial charge is 0.366 e. The Labute approximate surface area is 140 Å². The van der Waals surface area contributed by atoms with Crippen LogP contribution in [0.15, 0.2) is 30.4 Å². The summed E-state index contributed by atoms with van der Waals surface area (Å²) in [5, 5.41) is 5.50. The number of likely N-dealkylation sites (tertiary alicyclic amines) is 1. The Morgan fingerprint density at radius 3 is 2.62 bits per heavy atom. The molecule has 1 aliphatic heterocycles. The lowest BCUT2D eigenvalue weighted by Crippen LogP contribution is -2.46. The number of amides is 3. The van der Waals surface area contributed by atoms with Crippen LogP contribution in [0.25, 0.3) is 0 Å². The second-order valence-corrected chi connectivity index (χ2v) is 6.16. The van der Waals surface area contributed by atoms with Gasteiger partial charge in [0.05, 0.1) is 5.56 Å². The number of carbonyl (C=O) groups excluding carboxylic acids is 2. The van der Waals surface area contributed by atoms with Gasteiger partial charge in [0.25, 0.3) is 5.91 Å². The van der Waals surface area contributed by atoms with Crippen molar-refractivity contribution in [3.63, 3.8) is 0 Å². The van der Waals surface area contributed by atoms with E-state index in [1.54, 1.807) is 0 Å². The van der Waals surface area contributed by atoms with Crippen LogP contribution in [0.1, 0.15) is 30.1 Å². The molecule has 1 aliphatic rings. The van der Waals surface area contributed by atoms with Crippen LogP contribution in [0.3, 0.4) is 0 Å². The second-order valence-electron chi connectivity index (χ2n) is 6.16. The van der Waals surface area contributed by atoms with E-state index in [4.69, 9.17) is 5.73 Å². The molecule has 4 N–H and O–H groups in total. The smallest absolute Gasteiger partial charge is 0.319 e. The van der Waals surface area contributed by atoms with E-state index in [0.29, 0.717) is 5.69 Å². The molecule has 0 bridgehead atoms. The zero-order valence-corrected chi connectivity index (χ0v) is 13.8. The third-order valence-corrected chi connectivity index (χ3v) is 3.91. The number of benzene rings is 1. The Morgan fingerprint density at radius 1 is 1.38 bits per heavy atom. The van der Waals surface area contributed by atoms with Gasteiger partial charge in [0.15, 0.2) is 0 Å². The zero-order chi connectivity index (χ0) is 17.7. The van der Waals surface area contributed by atoms with Crippen LogP contribution in [0.4, 0.5) is 14.9 Å². The summed E-state index contributed by atoms with van der Waals surface area (Å²) in [5.41, 5.74) is 6.29. The summed E-state index contributed by atoms with van der Waals surface area (Å²) in [5.74, 6) is -1.58. The van der Waals surface area contributed by atoms with Crippen LogP contribution in [0.2, 0.25) is 0 Å². The van der Waals surface area contributed by atoms with Gasteiger partial charge in [-0.3, -0.25) is 9.69 Å². The maximum Gasteiger partial charge on any atom is 0.319 e. The summed E-state index contributed by atoms with van der Waals surface area (Å²) in [4.78, 5) is 25.5. The van der Waals surface area contributed by atoms with Gasteiger partial charge in [0.2, 0.25) is 0 Å². The first-order chi connectivity index (χ1) is 11.3. The Bertz CT molecular complexity index is 639. The molecule has 7 heteroatoms. The van der Waals surface area contributed by atoms with Crippen molar-refractivity contribution < 1.29 is 14.0 Å². The van der Waals surface area contributed by atoms with Crippen molar-refractivity contribution in [1.29, 1.82) is 0 Å². The molecule has 0 unspecified atom stereocenters. The van der Waals surface area contributed by atoms with E-state index < -0.39 is 11.7 Å². The van der Waals surface area contributed by atoms with Crippen molar-refractivity contribution in [2.45, 2.75) is 25.8 Å². The molecule has 130 valence electrons. The van der Waals surface area contributed by atoms with Gasteiger partial charge in [-0.25, -0.2) is 9.18 Å². The van der Waals surface area contributed by atoms with Gasteiger partial charge in [0.1, 0.15) is 5.82 Å². The summed E-state index contributed by atoms with van der Waals surface area (Å²) >= 11 is 0. The summed E-state index contributed by atoms with van der Waals surface area (Å²) in [6, 6.07) is 3.42. The number of halogens is 1. The van der Waals surface area contributed by atoms with E-state index in [9.17, 15) is 14.0 Å². The number of urea groups is 1. The number of hydrogen-bond acceptors (Lipinski definition) is 3. The highest BCUT2D eigenvalue weighted by atomic mass is 19.1. The molecule has 0 aromatic heterocycles. The minimum atomic E-state index is -0.874. The van der Waals surface area contributed by atoms with Crippen LogP contribution in [-0.4, -0.2) is 42.5 Å². The fourth-order valence-corrected chi connectivity index (χ4v) is 2.76. The Morgan fingerprint density at radius 2 is 2.04 bits per heavy atom. The van der Waals surface area contributed by atoms with E-state index in [-0.39, 0.29) is 17.6 Å². The van der Waals surface area contributed by atoms with E-state index >= 15 is 0 Å². The van der Waals surface area contributed by atoms with Gasteiger partial charge in [-0.2, -0.15) is 0 Å². The van der Waals surface area contributed by atoms with E-state index in [1.807, 2.05) is 6.92 Å². The van der Waals surface area contributed by atoms with Crippen molar-refractivity contribution >= 4 is 17.6 Å². The van der Waals surface area contributed by atoms with Gasteiger partial charge in [0, 0.05) is 31.4 Å². The first kappa shape index (κ1) is 17.9. The molecule has 24 heavy (non-hydrogen) atoms. The normalized spacial score (nSPS) is 15.8. The quantitative estimate of drug-likeness (QED) is 0.721. The number of carbonyl (C=O) groups is 2. The summed E-state index contributed by atoms with van der Waals surface area (Å²) in [6.07, 6.45) is 1.72. The molecule has 1 aromatic carbocycles. The minimum absolute atomic E-state index is 0.0856. The maximum atomic E-state index is 13.4. The van der Waals surface area contributed by atoms with Crippen molar-refractivity contribution in [1.82, 2.24) is 10.2 Å². The molecule has 0 spiro atoms. The molecular weight excluding hydrogens is 311 g/mol. The van der Waals surface area contributed by atoms with Crippen molar-refractivity contribution in [3.05, 3.63) is 41.7 Å². The number of anilines is 1. The predicted molar refractivity (Wildman–Crippen MR) is 91.3 cm³/mol. The summed E-state index contributed by atoms with van der Waals surface area (Å²) < 4.78 is 13.4. The predicted octanol–water partition coefficient (Wildman–Crippen LogP) is 2.09. The molecule has 3 amide bonds. The number of piperidine rings is 1. The second kappa shape index (κ2) is 7.92. The lowest BCUT2D eigenvalue weighted by Gasteiger charge is -2.32. The highest BCUT2D eigenvalue weighted by Crippen LogP contribution is 2.15. The molecule has 1 fully saturated rings. The Hall–Kier alpha value is -2.41. The van der Waals surface area contributed by atoms with Gasteiger partial charge in [-0.1, -0.05) is 12.2 Å². The third kappa shape index (κ3) is 5.06. The molecule has 0 aliphatic carbocycles. The average Bonchev–Trinajstić information content (AvgIpc) is 2.50. The molecule has 6 nitrogen and oxygen atoms in total. The fraction of sp³-hybridized carbons (Fsp3) is 0.412. The molecule has 1 heterocycles. The standard InChI is InChI=1S/C17H23FN4O2/c1-11(2)10-22-7-5-12(6-8-22)20-17(24)21-13-3-4-15(18)14(9-13)16(19)23/h3-4,9,12H,1,5-8,10H2,2H3,(H2,19,23)(H2,20,21,24).